The molecule has 0 saturated heterocycles. The van der Waals surface area contributed by atoms with Crippen LogP contribution in [0.25, 0.3) is 0 Å². The van der Waals surface area contributed by atoms with Gasteiger partial charge in [0.1, 0.15) is 18.0 Å². The van der Waals surface area contributed by atoms with Gasteiger partial charge in [0.15, 0.2) is 0 Å². The Hall–Kier alpha value is -1.36. The molecule has 1 aromatic heterocycles. The lowest BCUT2D eigenvalue weighted by molar-refractivity contribution is 0.0845. The highest BCUT2D eigenvalue weighted by atomic mass is 16.5. The van der Waals surface area contributed by atoms with E-state index in [1.807, 2.05) is 27.9 Å². The molecule has 0 aliphatic rings. The zero-order chi connectivity index (χ0) is 13.5. The van der Waals surface area contributed by atoms with Crippen LogP contribution in [0.1, 0.15) is 26.3 Å². The summed E-state index contributed by atoms with van der Waals surface area (Å²) < 4.78 is 5.56. The predicted molar refractivity (Wildman–Crippen MR) is 75.3 cm³/mol. The second kappa shape index (κ2) is 7.16. The van der Waals surface area contributed by atoms with Gasteiger partial charge in [0.05, 0.1) is 12.7 Å². The molecule has 0 aliphatic heterocycles. The molecule has 0 amide bonds. The van der Waals surface area contributed by atoms with E-state index in [1.54, 1.807) is 6.33 Å². The van der Waals surface area contributed by atoms with Crippen molar-refractivity contribution in [3.63, 3.8) is 0 Å². The number of anilines is 2. The molecule has 5 heteroatoms. The van der Waals surface area contributed by atoms with Crippen molar-refractivity contribution in [2.45, 2.75) is 33.3 Å². The van der Waals surface area contributed by atoms with Crippen molar-refractivity contribution < 1.29 is 4.74 Å². The monoisotopic (exact) mass is 252 g/mol. The Bertz CT molecular complexity index is 368. The van der Waals surface area contributed by atoms with Gasteiger partial charge in [0.2, 0.25) is 0 Å². The average molecular weight is 252 g/mol. The number of hydrogen-bond donors (Lipinski definition) is 1. The number of hydrogen-bond acceptors (Lipinski definition) is 5. The van der Waals surface area contributed by atoms with Crippen LogP contribution in [0.5, 0.6) is 0 Å². The van der Waals surface area contributed by atoms with E-state index in [2.05, 4.69) is 27.1 Å². The van der Waals surface area contributed by atoms with Gasteiger partial charge in [-0.2, -0.15) is 0 Å². The molecule has 5 nitrogen and oxygen atoms in total. The summed E-state index contributed by atoms with van der Waals surface area (Å²) in [7, 11) is 3.91. The zero-order valence-corrected chi connectivity index (χ0v) is 12.0. The molecule has 0 atom stereocenters. The standard InChI is InChI=1S/C13H24N4O/c1-6-11-12(14-4)15-9-16-13(11)17(5)7-8-18-10(2)3/h9-10H,6-8H2,1-5H3,(H,14,15,16). The van der Waals surface area contributed by atoms with E-state index < -0.39 is 0 Å². The van der Waals surface area contributed by atoms with Crippen LogP contribution >= 0.6 is 0 Å². The third kappa shape index (κ3) is 3.84. The Labute approximate surface area is 110 Å². The summed E-state index contributed by atoms with van der Waals surface area (Å²) in [5.41, 5.74) is 1.15. The van der Waals surface area contributed by atoms with Crippen molar-refractivity contribution in [3.8, 4) is 0 Å². The molecule has 0 bridgehead atoms. The van der Waals surface area contributed by atoms with Crippen molar-refractivity contribution in [2.75, 3.05) is 37.5 Å². The maximum Gasteiger partial charge on any atom is 0.137 e. The predicted octanol–water partition coefficient (Wildman–Crippen LogP) is 1.94. The van der Waals surface area contributed by atoms with Gasteiger partial charge in [-0.15, -0.1) is 0 Å². The molecule has 1 heterocycles. The summed E-state index contributed by atoms with van der Waals surface area (Å²) in [6.45, 7) is 7.73. The highest BCUT2D eigenvalue weighted by Gasteiger charge is 2.12. The maximum absolute atomic E-state index is 5.56. The second-order valence-corrected chi connectivity index (χ2v) is 4.47. The molecular formula is C13H24N4O. The molecule has 102 valence electrons. The summed E-state index contributed by atoms with van der Waals surface area (Å²) in [4.78, 5) is 10.7. The van der Waals surface area contributed by atoms with Crippen LogP contribution in [-0.4, -0.2) is 43.3 Å². The van der Waals surface area contributed by atoms with Crippen LogP contribution in [0, 0.1) is 0 Å². The number of aromatic nitrogens is 2. The van der Waals surface area contributed by atoms with E-state index in [0.717, 1.165) is 30.2 Å². The largest absolute Gasteiger partial charge is 0.377 e. The normalized spacial score (nSPS) is 10.8. The van der Waals surface area contributed by atoms with Crippen LogP contribution in [0.2, 0.25) is 0 Å². The minimum Gasteiger partial charge on any atom is -0.377 e. The molecule has 0 spiro atoms. The minimum absolute atomic E-state index is 0.266. The fraction of sp³-hybridized carbons (Fsp3) is 0.692. The molecule has 0 aliphatic carbocycles. The third-order valence-electron chi connectivity index (χ3n) is 2.75. The lowest BCUT2D eigenvalue weighted by atomic mass is 10.2. The van der Waals surface area contributed by atoms with Crippen molar-refractivity contribution in [1.82, 2.24) is 9.97 Å². The second-order valence-electron chi connectivity index (χ2n) is 4.47. The summed E-state index contributed by atoms with van der Waals surface area (Å²) in [5.74, 6) is 1.88. The first-order valence-corrected chi connectivity index (χ1v) is 6.44. The van der Waals surface area contributed by atoms with Gasteiger partial charge in [-0.05, 0) is 20.3 Å². The first-order valence-electron chi connectivity index (χ1n) is 6.44. The zero-order valence-electron chi connectivity index (χ0n) is 12.0. The molecule has 18 heavy (non-hydrogen) atoms. The van der Waals surface area contributed by atoms with Crippen LogP contribution in [0.3, 0.4) is 0 Å². The minimum atomic E-state index is 0.266. The molecule has 0 aromatic carbocycles. The van der Waals surface area contributed by atoms with Gasteiger partial charge in [0.25, 0.3) is 0 Å². The van der Waals surface area contributed by atoms with Gasteiger partial charge in [-0.1, -0.05) is 6.92 Å². The van der Waals surface area contributed by atoms with Gasteiger partial charge < -0.3 is 15.0 Å². The molecule has 1 N–H and O–H groups in total. The number of nitrogens with one attached hydrogen (secondary N) is 1. The highest BCUT2D eigenvalue weighted by Crippen LogP contribution is 2.22. The molecular weight excluding hydrogens is 228 g/mol. The third-order valence-corrected chi connectivity index (χ3v) is 2.75. The Balaban J connectivity index is 2.75. The summed E-state index contributed by atoms with van der Waals surface area (Å²) in [5, 5.41) is 3.11. The Morgan fingerprint density at radius 1 is 1.39 bits per heavy atom. The average Bonchev–Trinajstić information content (AvgIpc) is 2.36. The quantitative estimate of drug-likeness (QED) is 0.803. The van der Waals surface area contributed by atoms with Crippen molar-refractivity contribution in [3.05, 3.63) is 11.9 Å². The van der Waals surface area contributed by atoms with E-state index >= 15 is 0 Å². The van der Waals surface area contributed by atoms with Gasteiger partial charge in [-0.25, -0.2) is 9.97 Å². The van der Waals surface area contributed by atoms with Gasteiger partial charge >= 0.3 is 0 Å². The van der Waals surface area contributed by atoms with Crippen LogP contribution in [0.15, 0.2) is 6.33 Å². The van der Waals surface area contributed by atoms with Gasteiger partial charge in [0, 0.05) is 26.2 Å². The Kier molecular flexibility index (Phi) is 5.85. The molecule has 0 saturated carbocycles. The molecule has 0 fully saturated rings. The molecule has 0 unspecified atom stereocenters. The van der Waals surface area contributed by atoms with Crippen molar-refractivity contribution in [2.24, 2.45) is 0 Å². The van der Waals surface area contributed by atoms with Crippen molar-refractivity contribution in [1.29, 1.82) is 0 Å². The van der Waals surface area contributed by atoms with E-state index in [1.165, 1.54) is 0 Å². The summed E-state index contributed by atoms with van der Waals surface area (Å²) >= 11 is 0. The lowest BCUT2D eigenvalue weighted by Gasteiger charge is -2.22. The Morgan fingerprint density at radius 2 is 2.11 bits per heavy atom. The summed E-state index contributed by atoms with van der Waals surface area (Å²) in [6.07, 6.45) is 2.77. The van der Waals surface area contributed by atoms with E-state index in [0.29, 0.717) is 6.61 Å². The molecule has 1 rings (SSSR count). The first kappa shape index (κ1) is 14.7. The van der Waals surface area contributed by atoms with E-state index in [4.69, 9.17) is 4.74 Å². The fourth-order valence-electron chi connectivity index (χ4n) is 1.80. The fourth-order valence-corrected chi connectivity index (χ4v) is 1.80. The van der Waals surface area contributed by atoms with E-state index in [9.17, 15) is 0 Å². The SMILES string of the molecule is CCc1c(NC)ncnc1N(C)CCOC(C)C. The smallest absolute Gasteiger partial charge is 0.137 e. The number of likely N-dealkylation sites (N-methyl/N-ethyl adjacent to an activating group) is 1. The van der Waals surface area contributed by atoms with E-state index in [-0.39, 0.29) is 6.10 Å². The van der Waals surface area contributed by atoms with Crippen LogP contribution in [-0.2, 0) is 11.2 Å². The number of nitrogens with zero attached hydrogens (tertiary/aromatic N) is 3. The Morgan fingerprint density at radius 3 is 2.67 bits per heavy atom. The first-order chi connectivity index (χ1) is 8.60. The highest BCUT2D eigenvalue weighted by molar-refractivity contribution is 5.58. The molecule has 1 aromatic rings. The maximum atomic E-state index is 5.56. The van der Waals surface area contributed by atoms with Crippen LogP contribution < -0.4 is 10.2 Å². The number of rotatable bonds is 7. The van der Waals surface area contributed by atoms with Crippen LogP contribution in [0.4, 0.5) is 11.6 Å². The number of ether oxygens (including phenoxy) is 1. The topological polar surface area (TPSA) is 50.3 Å². The lowest BCUT2D eigenvalue weighted by Crippen LogP contribution is -2.26. The summed E-state index contributed by atoms with van der Waals surface area (Å²) in [6, 6.07) is 0. The molecule has 0 radical (unpaired) electrons. The van der Waals surface area contributed by atoms with Gasteiger partial charge in [-0.3, -0.25) is 0 Å². The van der Waals surface area contributed by atoms with Crippen molar-refractivity contribution >= 4 is 11.6 Å².